The number of hydrogen-bond acceptors (Lipinski definition) is 5. The molecule has 0 aliphatic heterocycles. The Morgan fingerprint density at radius 3 is 2.74 bits per heavy atom. The van der Waals surface area contributed by atoms with E-state index < -0.39 is 10.9 Å². The highest BCUT2D eigenvalue weighted by Crippen LogP contribution is 2.31. The van der Waals surface area contributed by atoms with E-state index in [9.17, 15) is 14.9 Å². The molecule has 0 aliphatic carbocycles. The van der Waals surface area contributed by atoms with Gasteiger partial charge in [-0.3, -0.25) is 14.9 Å². The quantitative estimate of drug-likeness (QED) is 0.599. The molecule has 0 fully saturated rings. The van der Waals surface area contributed by atoms with Crippen LogP contribution in [0.15, 0.2) is 18.2 Å². The fourth-order valence-electron chi connectivity index (χ4n) is 1.68. The number of benzene rings is 1. The zero-order chi connectivity index (χ0) is 14.4. The molecule has 0 saturated carbocycles. The molecule has 0 saturated heterocycles. The first kappa shape index (κ1) is 14.7. The molecule has 0 amide bonds. The zero-order valence-corrected chi connectivity index (χ0v) is 10.8. The lowest BCUT2D eigenvalue weighted by Crippen LogP contribution is -2.20. The molecule has 7 nitrogen and oxygen atoms in total. The van der Waals surface area contributed by atoms with E-state index >= 15 is 0 Å². The highest BCUT2D eigenvalue weighted by atomic mass is 16.6. The molecule has 104 valence electrons. The van der Waals surface area contributed by atoms with Gasteiger partial charge in [0, 0.05) is 32.1 Å². The Labute approximate surface area is 110 Å². The van der Waals surface area contributed by atoms with Gasteiger partial charge >= 0.3 is 5.97 Å². The average molecular weight is 268 g/mol. The molecule has 1 rings (SSSR count). The van der Waals surface area contributed by atoms with Crippen LogP contribution in [0, 0.1) is 10.1 Å². The molecule has 0 atom stereocenters. The Bertz CT molecular complexity index is 475. The van der Waals surface area contributed by atoms with Crippen LogP contribution >= 0.6 is 0 Å². The number of anilines is 1. The number of ether oxygens (including phenoxy) is 1. The number of hydrogen-bond donors (Lipinski definition) is 1. The fraction of sp³-hybridized carbons (Fsp3) is 0.417. The minimum Gasteiger partial charge on any atom is -0.497 e. The summed E-state index contributed by atoms with van der Waals surface area (Å²) in [6.07, 6.45) is 0.447. The maximum atomic E-state index is 11.0. The van der Waals surface area contributed by atoms with E-state index in [2.05, 4.69) is 0 Å². The number of carboxylic acid groups (broad SMARTS) is 1. The van der Waals surface area contributed by atoms with Crippen LogP contribution in [0.25, 0.3) is 0 Å². The molecule has 19 heavy (non-hydrogen) atoms. The first-order chi connectivity index (χ1) is 8.95. The smallest absolute Gasteiger partial charge is 0.303 e. The highest BCUT2D eigenvalue weighted by molar-refractivity contribution is 5.67. The van der Waals surface area contributed by atoms with Crippen molar-refractivity contribution in [3.8, 4) is 5.75 Å². The van der Waals surface area contributed by atoms with Crippen molar-refractivity contribution in [1.29, 1.82) is 0 Å². The van der Waals surface area contributed by atoms with Gasteiger partial charge in [-0.25, -0.2) is 0 Å². The van der Waals surface area contributed by atoms with Crippen molar-refractivity contribution in [2.24, 2.45) is 0 Å². The Hall–Kier alpha value is -2.31. The van der Waals surface area contributed by atoms with Crippen LogP contribution in [0.3, 0.4) is 0 Å². The molecule has 1 aromatic carbocycles. The van der Waals surface area contributed by atoms with Crippen LogP contribution < -0.4 is 9.64 Å². The van der Waals surface area contributed by atoms with Crippen molar-refractivity contribution < 1.29 is 19.6 Å². The minimum absolute atomic E-state index is 0.0291. The van der Waals surface area contributed by atoms with Crippen LogP contribution in [0.4, 0.5) is 11.4 Å². The third kappa shape index (κ3) is 4.13. The third-order valence-corrected chi connectivity index (χ3v) is 2.67. The van der Waals surface area contributed by atoms with Gasteiger partial charge in [0.15, 0.2) is 0 Å². The predicted octanol–water partition coefficient (Wildman–Crippen LogP) is 1.90. The fourth-order valence-corrected chi connectivity index (χ4v) is 1.68. The molecule has 0 spiro atoms. The van der Waals surface area contributed by atoms with Gasteiger partial charge in [0.25, 0.3) is 5.69 Å². The Morgan fingerprint density at radius 1 is 1.53 bits per heavy atom. The Morgan fingerprint density at radius 2 is 2.21 bits per heavy atom. The van der Waals surface area contributed by atoms with Gasteiger partial charge in [-0.2, -0.15) is 0 Å². The minimum atomic E-state index is -0.881. The summed E-state index contributed by atoms with van der Waals surface area (Å²) in [5.41, 5.74) is 0.383. The summed E-state index contributed by atoms with van der Waals surface area (Å²) in [4.78, 5) is 22.6. The summed E-state index contributed by atoms with van der Waals surface area (Å²) in [5, 5.41) is 19.5. The second-order valence-electron chi connectivity index (χ2n) is 4.03. The third-order valence-electron chi connectivity index (χ3n) is 2.67. The topological polar surface area (TPSA) is 92.9 Å². The molecule has 0 heterocycles. The molecule has 0 bridgehead atoms. The van der Waals surface area contributed by atoms with E-state index in [0.717, 1.165) is 0 Å². The second kappa shape index (κ2) is 6.58. The lowest BCUT2D eigenvalue weighted by molar-refractivity contribution is -0.384. The SMILES string of the molecule is COc1ccc([N+](=O)[O-])c(N(C)CCCC(=O)O)c1. The second-order valence-corrected chi connectivity index (χ2v) is 4.03. The van der Waals surface area contributed by atoms with E-state index in [0.29, 0.717) is 24.4 Å². The van der Waals surface area contributed by atoms with Gasteiger partial charge in [-0.15, -0.1) is 0 Å². The van der Waals surface area contributed by atoms with Gasteiger partial charge in [-0.1, -0.05) is 0 Å². The van der Waals surface area contributed by atoms with Gasteiger partial charge in [0.05, 0.1) is 12.0 Å². The normalized spacial score (nSPS) is 10.0. The van der Waals surface area contributed by atoms with Gasteiger partial charge in [0.1, 0.15) is 11.4 Å². The molecule has 0 aliphatic rings. The van der Waals surface area contributed by atoms with E-state index in [1.165, 1.54) is 19.2 Å². The van der Waals surface area contributed by atoms with Crippen molar-refractivity contribution in [3.05, 3.63) is 28.3 Å². The molecule has 7 heteroatoms. The standard InChI is InChI=1S/C12H16N2O5/c1-13(7-3-4-12(15)16)11-8-9(19-2)5-6-10(11)14(17)18/h5-6,8H,3-4,7H2,1-2H3,(H,15,16). The first-order valence-electron chi connectivity index (χ1n) is 5.71. The van der Waals surface area contributed by atoms with Crippen molar-refractivity contribution in [2.45, 2.75) is 12.8 Å². The van der Waals surface area contributed by atoms with E-state index in [1.807, 2.05) is 0 Å². The number of carboxylic acids is 1. The number of carbonyl (C=O) groups is 1. The monoisotopic (exact) mass is 268 g/mol. The summed E-state index contributed by atoms with van der Waals surface area (Å²) in [7, 11) is 3.17. The lowest BCUT2D eigenvalue weighted by atomic mass is 10.2. The summed E-state index contributed by atoms with van der Waals surface area (Å²) in [6.45, 7) is 0.417. The molecular weight excluding hydrogens is 252 g/mol. The summed E-state index contributed by atoms with van der Waals surface area (Å²) >= 11 is 0. The Kier molecular flexibility index (Phi) is 5.11. The maximum absolute atomic E-state index is 11.0. The average Bonchev–Trinajstić information content (AvgIpc) is 2.37. The van der Waals surface area contributed by atoms with Gasteiger partial charge in [0.2, 0.25) is 0 Å². The van der Waals surface area contributed by atoms with Crippen molar-refractivity contribution >= 4 is 17.3 Å². The van der Waals surface area contributed by atoms with Crippen LogP contribution in [0.1, 0.15) is 12.8 Å². The van der Waals surface area contributed by atoms with Crippen LogP contribution in [-0.4, -0.2) is 36.7 Å². The van der Waals surface area contributed by atoms with E-state index in [1.54, 1.807) is 18.0 Å². The highest BCUT2D eigenvalue weighted by Gasteiger charge is 2.18. The molecular formula is C12H16N2O5. The molecule has 0 aromatic heterocycles. The van der Waals surface area contributed by atoms with Crippen LogP contribution in [0.5, 0.6) is 5.75 Å². The number of methoxy groups -OCH3 is 1. The predicted molar refractivity (Wildman–Crippen MR) is 69.8 cm³/mol. The molecule has 0 unspecified atom stereocenters. The van der Waals surface area contributed by atoms with Crippen molar-refractivity contribution in [3.63, 3.8) is 0 Å². The lowest BCUT2D eigenvalue weighted by Gasteiger charge is -2.19. The number of aliphatic carboxylic acids is 1. The summed E-state index contributed by atoms with van der Waals surface area (Å²) in [6, 6.07) is 4.47. The van der Waals surface area contributed by atoms with Crippen LogP contribution in [0.2, 0.25) is 0 Å². The largest absolute Gasteiger partial charge is 0.497 e. The summed E-state index contributed by atoms with van der Waals surface area (Å²) < 4.78 is 5.04. The van der Waals surface area contributed by atoms with E-state index in [4.69, 9.17) is 9.84 Å². The maximum Gasteiger partial charge on any atom is 0.303 e. The van der Waals surface area contributed by atoms with Gasteiger partial charge in [-0.05, 0) is 12.5 Å². The number of rotatable bonds is 7. The summed E-state index contributed by atoms with van der Waals surface area (Å²) in [5.74, 6) is -0.362. The molecule has 1 aromatic rings. The van der Waals surface area contributed by atoms with E-state index in [-0.39, 0.29) is 12.1 Å². The first-order valence-corrected chi connectivity index (χ1v) is 5.71. The number of nitro benzene ring substituents is 1. The van der Waals surface area contributed by atoms with Gasteiger partial charge < -0.3 is 14.7 Å². The van der Waals surface area contributed by atoms with Crippen molar-refractivity contribution in [1.82, 2.24) is 0 Å². The number of nitro groups is 1. The van der Waals surface area contributed by atoms with Crippen molar-refractivity contribution in [2.75, 3.05) is 25.6 Å². The zero-order valence-electron chi connectivity index (χ0n) is 10.8. The van der Waals surface area contributed by atoms with Crippen LogP contribution in [-0.2, 0) is 4.79 Å². The number of nitrogens with zero attached hydrogens (tertiary/aromatic N) is 2. The molecule has 0 radical (unpaired) electrons. The molecule has 1 N–H and O–H groups in total. The Balaban J connectivity index is 2.89.